The molecule has 9 heteroatoms. The van der Waals surface area contributed by atoms with Crippen molar-refractivity contribution in [3.05, 3.63) is 66.2 Å². The molecule has 0 bridgehead atoms. The molecular formula is C20H21N7O2. The lowest BCUT2D eigenvalue weighted by atomic mass is 9.89. The van der Waals surface area contributed by atoms with Gasteiger partial charge in [-0.1, -0.05) is 30.3 Å². The van der Waals surface area contributed by atoms with Gasteiger partial charge in [-0.05, 0) is 28.1 Å². The monoisotopic (exact) mass is 391 g/mol. The maximum Gasteiger partial charge on any atom is 0.270 e. The van der Waals surface area contributed by atoms with Crippen LogP contribution >= 0.6 is 0 Å². The van der Waals surface area contributed by atoms with Crippen LogP contribution in [0.25, 0.3) is 0 Å². The van der Waals surface area contributed by atoms with Crippen molar-refractivity contribution in [2.24, 2.45) is 11.8 Å². The maximum atomic E-state index is 13.1. The molecule has 3 aromatic rings. The molecule has 2 amide bonds. The van der Waals surface area contributed by atoms with E-state index in [1.807, 2.05) is 34.1 Å². The molecule has 2 aromatic heterocycles. The normalized spacial score (nSPS) is 23.4. The summed E-state index contributed by atoms with van der Waals surface area (Å²) >= 11 is 0. The van der Waals surface area contributed by atoms with Gasteiger partial charge < -0.3 is 14.8 Å². The summed E-state index contributed by atoms with van der Waals surface area (Å²) in [5.41, 5.74) is 1.70. The Bertz CT molecular complexity index is 987. The van der Waals surface area contributed by atoms with Gasteiger partial charge in [-0.25, -0.2) is 4.68 Å². The number of nitrogens with one attached hydrogen (secondary N) is 1. The smallest absolute Gasteiger partial charge is 0.270 e. The van der Waals surface area contributed by atoms with Crippen LogP contribution < -0.4 is 0 Å². The van der Waals surface area contributed by atoms with Gasteiger partial charge in [0, 0.05) is 37.7 Å². The van der Waals surface area contributed by atoms with Crippen molar-refractivity contribution >= 4 is 11.8 Å². The molecule has 0 saturated carbocycles. The van der Waals surface area contributed by atoms with Gasteiger partial charge in [0.25, 0.3) is 5.91 Å². The van der Waals surface area contributed by atoms with E-state index >= 15 is 0 Å². The van der Waals surface area contributed by atoms with Crippen LogP contribution in [-0.2, 0) is 11.3 Å². The van der Waals surface area contributed by atoms with E-state index < -0.39 is 0 Å². The molecule has 3 atom stereocenters. The van der Waals surface area contributed by atoms with E-state index in [9.17, 15) is 9.59 Å². The van der Waals surface area contributed by atoms with Gasteiger partial charge in [-0.3, -0.25) is 9.59 Å². The van der Waals surface area contributed by atoms with Crippen LogP contribution in [0.4, 0.5) is 0 Å². The van der Waals surface area contributed by atoms with Crippen molar-refractivity contribution in [3.8, 4) is 0 Å². The van der Waals surface area contributed by atoms with Crippen LogP contribution in [0.15, 0.2) is 55.0 Å². The number of aromatic nitrogens is 5. The third-order valence-corrected chi connectivity index (χ3v) is 5.94. The maximum absolute atomic E-state index is 13.1. The zero-order valence-electron chi connectivity index (χ0n) is 15.8. The highest BCUT2D eigenvalue weighted by Gasteiger charge is 2.50. The zero-order valence-corrected chi connectivity index (χ0v) is 15.8. The molecule has 0 unspecified atom stereocenters. The number of hydrogen-bond acceptors (Lipinski definition) is 5. The fraction of sp³-hybridized carbons (Fsp3) is 0.350. The zero-order chi connectivity index (χ0) is 19.8. The third-order valence-electron chi connectivity index (χ3n) is 5.94. The van der Waals surface area contributed by atoms with Gasteiger partial charge in [-0.15, -0.1) is 5.10 Å². The third kappa shape index (κ3) is 3.18. The standard InChI is InChI=1S/C20H21N7O2/c28-18(12-26-13-22-23-24-26)25-9-15-10-27(20(29)17-7-4-8-21-17)19(16(15)11-25)14-5-2-1-3-6-14/h1-8,13,15-16,19,21H,9-12H2/t15-,16-,19+/m0/s1. The number of nitrogens with zero attached hydrogens (tertiary/aromatic N) is 6. The molecule has 148 valence electrons. The van der Waals surface area contributed by atoms with Crippen molar-refractivity contribution in [3.63, 3.8) is 0 Å². The second-order valence-corrected chi connectivity index (χ2v) is 7.63. The first kappa shape index (κ1) is 17.6. The Hall–Kier alpha value is -3.49. The minimum atomic E-state index is -0.0529. The Morgan fingerprint density at radius 1 is 1.07 bits per heavy atom. The molecule has 9 nitrogen and oxygen atoms in total. The fourth-order valence-corrected chi connectivity index (χ4v) is 4.64. The van der Waals surface area contributed by atoms with E-state index in [4.69, 9.17) is 0 Å². The van der Waals surface area contributed by atoms with Gasteiger partial charge in [-0.2, -0.15) is 0 Å². The second-order valence-electron chi connectivity index (χ2n) is 7.63. The lowest BCUT2D eigenvalue weighted by Gasteiger charge is -2.29. The number of tetrazole rings is 1. The molecule has 0 spiro atoms. The fourth-order valence-electron chi connectivity index (χ4n) is 4.64. The molecule has 0 aliphatic carbocycles. The summed E-state index contributed by atoms with van der Waals surface area (Å²) in [7, 11) is 0. The first-order valence-corrected chi connectivity index (χ1v) is 9.68. The number of rotatable bonds is 4. The van der Waals surface area contributed by atoms with Gasteiger partial charge in [0.15, 0.2) is 0 Å². The van der Waals surface area contributed by atoms with Crippen molar-refractivity contribution in [1.82, 2.24) is 35.0 Å². The molecule has 5 rings (SSSR count). The molecule has 0 radical (unpaired) electrons. The van der Waals surface area contributed by atoms with Gasteiger partial charge in [0.1, 0.15) is 18.6 Å². The highest BCUT2D eigenvalue weighted by Crippen LogP contribution is 2.45. The lowest BCUT2D eigenvalue weighted by molar-refractivity contribution is -0.131. The summed E-state index contributed by atoms with van der Waals surface area (Å²) in [5, 5.41) is 10.9. The summed E-state index contributed by atoms with van der Waals surface area (Å²) < 4.78 is 1.44. The number of hydrogen-bond donors (Lipinski definition) is 1. The number of H-pyrrole nitrogens is 1. The molecule has 1 N–H and O–H groups in total. The number of carbonyl (C=O) groups excluding carboxylic acids is 2. The van der Waals surface area contributed by atoms with E-state index in [-0.39, 0.29) is 36.2 Å². The minimum absolute atomic E-state index is 0.000700. The average molecular weight is 391 g/mol. The van der Waals surface area contributed by atoms with Gasteiger partial charge >= 0.3 is 0 Å². The van der Waals surface area contributed by atoms with E-state index in [1.54, 1.807) is 12.3 Å². The first-order chi connectivity index (χ1) is 14.2. The molecule has 2 aliphatic heterocycles. The Morgan fingerprint density at radius 2 is 1.93 bits per heavy atom. The molecular weight excluding hydrogens is 370 g/mol. The van der Waals surface area contributed by atoms with Gasteiger partial charge in [0.05, 0.1) is 6.04 Å². The van der Waals surface area contributed by atoms with E-state index in [0.717, 1.165) is 5.56 Å². The van der Waals surface area contributed by atoms with Crippen LogP contribution in [-0.4, -0.2) is 66.4 Å². The largest absolute Gasteiger partial charge is 0.357 e. The predicted octanol–water partition coefficient (Wildman–Crippen LogP) is 0.973. The van der Waals surface area contributed by atoms with Crippen LogP contribution in [0.3, 0.4) is 0 Å². The number of amides is 2. The van der Waals surface area contributed by atoms with E-state index in [1.165, 1.54) is 11.0 Å². The Morgan fingerprint density at radius 3 is 2.66 bits per heavy atom. The quantitative estimate of drug-likeness (QED) is 0.714. The van der Waals surface area contributed by atoms with Crippen LogP contribution in [0.1, 0.15) is 22.1 Å². The summed E-state index contributed by atoms with van der Waals surface area (Å²) in [5.74, 6) is 0.455. The van der Waals surface area contributed by atoms with E-state index in [2.05, 4.69) is 32.6 Å². The Labute approximate surface area is 167 Å². The number of aromatic amines is 1. The molecule has 1 aromatic carbocycles. The predicted molar refractivity (Wildman–Crippen MR) is 102 cm³/mol. The molecule has 4 heterocycles. The van der Waals surface area contributed by atoms with Crippen LogP contribution in [0, 0.1) is 11.8 Å². The Balaban J connectivity index is 1.39. The summed E-state index contributed by atoms with van der Waals surface area (Å²) in [6.07, 6.45) is 3.21. The van der Waals surface area contributed by atoms with E-state index in [0.29, 0.717) is 25.3 Å². The minimum Gasteiger partial charge on any atom is -0.357 e. The van der Waals surface area contributed by atoms with Crippen LogP contribution in [0.2, 0.25) is 0 Å². The Kier molecular flexibility index (Phi) is 4.34. The topological polar surface area (TPSA) is 100 Å². The molecule has 29 heavy (non-hydrogen) atoms. The van der Waals surface area contributed by atoms with Crippen LogP contribution in [0.5, 0.6) is 0 Å². The second kappa shape index (κ2) is 7.16. The number of carbonyl (C=O) groups is 2. The summed E-state index contributed by atoms with van der Waals surface area (Å²) in [6, 6.07) is 13.7. The molecule has 2 aliphatic rings. The van der Waals surface area contributed by atoms with Crippen molar-refractivity contribution in [2.45, 2.75) is 12.6 Å². The van der Waals surface area contributed by atoms with Crippen molar-refractivity contribution in [1.29, 1.82) is 0 Å². The highest BCUT2D eigenvalue weighted by molar-refractivity contribution is 5.93. The summed E-state index contributed by atoms with van der Waals surface area (Å²) in [6.45, 7) is 2.04. The average Bonchev–Trinajstić information content (AvgIpc) is 3.51. The van der Waals surface area contributed by atoms with Crippen molar-refractivity contribution < 1.29 is 9.59 Å². The summed E-state index contributed by atoms with van der Waals surface area (Å²) in [4.78, 5) is 32.7. The number of fused-ring (bicyclic) bond motifs is 1. The number of benzene rings is 1. The first-order valence-electron chi connectivity index (χ1n) is 9.68. The van der Waals surface area contributed by atoms with Crippen molar-refractivity contribution in [2.75, 3.05) is 19.6 Å². The molecule has 2 fully saturated rings. The SMILES string of the molecule is O=C(Cn1cnnn1)N1C[C@H]2CN(C(=O)c3ccc[nH]3)[C@H](c3ccccc3)[C@H]2C1. The lowest BCUT2D eigenvalue weighted by Crippen LogP contribution is -2.38. The molecule has 2 saturated heterocycles. The number of likely N-dealkylation sites (tertiary alicyclic amines) is 2. The van der Waals surface area contributed by atoms with Gasteiger partial charge in [0.2, 0.25) is 5.91 Å². The highest BCUT2D eigenvalue weighted by atomic mass is 16.2.